The molecule has 1 atom stereocenters. The summed E-state index contributed by atoms with van der Waals surface area (Å²) in [6.45, 7) is 0. The Labute approximate surface area is 78.3 Å². The maximum absolute atomic E-state index is 5.86. The van der Waals surface area contributed by atoms with E-state index < -0.39 is 0 Å². The molecule has 0 N–H and O–H groups in total. The SMILES string of the molecule is ClC1=C=CC(Cl)C(CBr)=C1. The van der Waals surface area contributed by atoms with Gasteiger partial charge in [-0.15, -0.1) is 17.3 Å². The number of hydrogen-bond donors (Lipinski definition) is 0. The Bertz CT molecular complexity index is 224. The van der Waals surface area contributed by atoms with Gasteiger partial charge < -0.3 is 0 Å². The molecule has 3 heteroatoms. The van der Waals surface area contributed by atoms with E-state index in [1.165, 1.54) is 0 Å². The molecular formula is C7H5BrCl2. The molecule has 0 amide bonds. The summed E-state index contributed by atoms with van der Waals surface area (Å²) in [5, 5.41) is 1.32. The molecule has 1 unspecified atom stereocenters. The van der Waals surface area contributed by atoms with Gasteiger partial charge in [0.1, 0.15) is 0 Å². The van der Waals surface area contributed by atoms with Crippen molar-refractivity contribution >= 4 is 39.1 Å². The normalized spacial score (nSPS) is 24.1. The van der Waals surface area contributed by atoms with Gasteiger partial charge in [-0.25, -0.2) is 0 Å². The van der Waals surface area contributed by atoms with Crippen LogP contribution in [0.25, 0.3) is 0 Å². The first kappa shape index (κ1) is 8.42. The van der Waals surface area contributed by atoms with Crippen molar-refractivity contribution in [3.8, 4) is 0 Å². The van der Waals surface area contributed by atoms with E-state index in [0.717, 1.165) is 10.9 Å². The molecule has 0 aromatic heterocycles. The van der Waals surface area contributed by atoms with Crippen LogP contribution in [0.15, 0.2) is 28.5 Å². The zero-order valence-corrected chi connectivity index (χ0v) is 8.17. The van der Waals surface area contributed by atoms with Crippen LogP contribution in [0.3, 0.4) is 0 Å². The third-order valence-corrected chi connectivity index (χ3v) is 2.46. The molecule has 0 aliphatic heterocycles. The fraction of sp³-hybridized carbons (Fsp3) is 0.286. The quantitative estimate of drug-likeness (QED) is 0.487. The summed E-state index contributed by atoms with van der Waals surface area (Å²) >= 11 is 14.8. The van der Waals surface area contributed by atoms with E-state index in [2.05, 4.69) is 21.7 Å². The number of alkyl halides is 2. The third-order valence-electron chi connectivity index (χ3n) is 1.19. The van der Waals surface area contributed by atoms with E-state index in [9.17, 15) is 0 Å². The summed E-state index contributed by atoms with van der Waals surface area (Å²) in [4.78, 5) is 0. The molecule has 1 aliphatic rings. The van der Waals surface area contributed by atoms with Crippen LogP contribution in [0.1, 0.15) is 0 Å². The van der Waals surface area contributed by atoms with Crippen LogP contribution in [0.4, 0.5) is 0 Å². The first-order valence-electron chi connectivity index (χ1n) is 2.77. The standard InChI is InChI=1S/C7H5BrCl2/c8-4-5-3-6(9)1-2-7(5)10/h2-3,7H,4H2. The Balaban J connectivity index is 2.89. The highest BCUT2D eigenvalue weighted by molar-refractivity contribution is 9.09. The van der Waals surface area contributed by atoms with Gasteiger partial charge in [-0.2, -0.15) is 0 Å². The van der Waals surface area contributed by atoms with Crippen molar-refractivity contribution in [2.75, 3.05) is 5.33 Å². The van der Waals surface area contributed by atoms with Gasteiger partial charge >= 0.3 is 0 Å². The molecule has 0 aromatic rings. The lowest BCUT2D eigenvalue weighted by Gasteiger charge is -2.08. The monoisotopic (exact) mass is 238 g/mol. The number of allylic oxidation sites excluding steroid dienone is 3. The molecule has 54 valence electrons. The number of halogens is 3. The topological polar surface area (TPSA) is 0 Å². The van der Waals surface area contributed by atoms with Crippen molar-refractivity contribution in [3.05, 3.63) is 28.5 Å². The summed E-state index contributed by atoms with van der Waals surface area (Å²) in [5.74, 6) is 0. The van der Waals surface area contributed by atoms with Crippen molar-refractivity contribution in [2.24, 2.45) is 0 Å². The van der Waals surface area contributed by atoms with Crippen molar-refractivity contribution in [1.29, 1.82) is 0 Å². The highest BCUT2D eigenvalue weighted by Crippen LogP contribution is 2.21. The van der Waals surface area contributed by atoms with Gasteiger partial charge in [0.05, 0.1) is 10.4 Å². The molecule has 0 saturated carbocycles. The predicted molar refractivity (Wildman–Crippen MR) is 49.0 cm³/mol. The molecule has 0 bridgehead atoms. The van der Waals surface area contributed by atoms with Crippen LogP contribution in [0, 0.1) is 0 Å². The lowest BCUT2D eigenvalue weighted by molar-refractivity contribution is 1.22. The molecule has 0 fully saturated rings. The Kier molecular flexibility index (Phi) is 3.06. The summed E-state index contributed by atoms with van der Waals surface area (Å²) < 4.78 is 0. The predicted octanol–water partition coefficient (Wildman–Crippen LogP) is 3.21. The van der Waals surface area contributed by atoms with Gasteiger partial charge in [0.2, 0.25) is 0 Å². The second-order valence-corrected chi connectivity index (χ2v) is 3.35. The molecule has 0 nitrogen and oxygen atoms in total. The fourth-order valence-electron chi connectivity index (χ4n) is 0.656. The maximum atomic E-state index is 5.86. The molecule has 1 aliphatic carbocycles. The minimum absolute atomic E-state index is 0.0538. The van der Waals surface area contributed by atoms with E-state index in [1.807, 2.05) is 6.08 Å². The lowest BCUT2D eigenvalue weighted by atomic mass is 10.1. The van der Waals surface area contributed by atoms with Gasteiger partial charge in [-0.05, 0) is 17.7 Å². The molecule has 1 rings (SSSR count). The van der Waals surface area contributed by atoms with Crippen molar-refractivity contribution < 1.29 is 0 Å². The minimum Gasteiger partial charge on any atom is -0.113 e. The first-order valence-corrected chi connectivity index (χ1v) is 4.70. The average Bonchev–Trinajstić information content (AvgIpc) is 1.94. The van der Waals surface area contributed by atoms with Crippen LogP contribution in [-0.4, -0.2) is 10.7 Å². The van der Waals surface area contributed by atoms with E-state index in [-0.39, 0.29) is 5.38 Å². The zero-order valence-electron chi connectivity index (χ0n) is 5.07. The Morgan fingerprint density at radius 1 is 1.70 bits per heavy atom. The second kappa shape index (κ2) is 3.64. The third kappa shape index (κ3) is 1.90. The van der Waals surface area contributed by atoms with Gasteiger partial charge in [-0.3, -0.25) is 0 Å². The molecule has 0 heterocycles. The van der Waals surface area contributed by atoms with E-state index in [1.54, 1.807) is 6.08 Å². The molecule has 10 heavy (non-hydrogen) atoms. The van der Waals surface area contributed by atoms with Crippen molar-refractivity contribution in [1.82, 2.24) is 0 Å². The van der Waals surface area contributed by atoms with Gasteiger partial charge in [0.25, 0.3) is 0 Å². The zero-order chi connectivity index (χ0) is 7.56. The van der Waals surface area contributed by atoms with Gasteiger partial charge in [0.15, 0.2) is 0 Å². The lowest BCUT2D eigenvalue weighted by Crippen LogP contribution is -2.02. The molecular weight excluding hydrogens is 235 g/mol. The highest BCUT2D eigenvalue weighted by Gasteiger charge is 2.09. The Morgan fingerprint density at radius 3 is 2.90 bits per heavy atom. The molecule has 0 radical (unpaired) electrons. The van der Waals surface area contributed by atoms with E-state index >= 15 is 0 Å². The minimum atomic E-state index is -0.0538. The van der Waals surface area contributed by atoms with Crippen LogP contribution in [0.5, 0.6) is 0 Å². The van der Waals surface area contributed by atoms with Crippen molar-refractivity contribution in [2.45, 2.75) is 5.38 Å². The van der Waals surface area contributed by atoms with Crippen LogP contribution >= 0.6 is 39.1 Å². The van der Waals surface area contributed by atoms with Crippen LogP contribution in [-0.2, 0) is 0 Å². The van der Waals surface area contributed by atoms with Gasteiger partial charge in [-0.1, -0.05) is 27.5 Å². The Morgan fingerprint density at radius 2 is 2.40 bits per heavy atom. The highest BCUT2D eigenvalue weighted by atomic mass is 79.9. The first-order chi connectivity index (χ1) is 4.74. The van der Waals surface area contributed by atoms with E-state index in [0.29, 0.717) is 5.03 Å². The summed E-state index contributed by atoms with van der Waals surface area (Å²) in [6.07, 6.45) is 3.58. The Hall–Kier alpha value is 0.320. The van der Waals surface area contributed by atoms with Gasteiger partial charge in [0, 0.05) is 5.33 Å². The van der Waals surface area contributed by atoms with Crippen LogP contribution < -0.4 is 0 Å². The van der Waals surface area contributed by atoms with Crippen LogP contribution in [0.2, 0.25) is 0 Å². The second-order valence-electron chi connectivity index (χ2n) is 1.91. The van der Waals surface area contributed by atoms with E-state index in [4.69, 9.17) is 23.2 Å². The summed E-state index contributed by atoms with van der Waals surface area (Å²) in [5.41, 5.74) is 3.90. The fourth-order valence-corrected chi connectivity index (χ4v) is 1.76. The molecule has 0 saturated heterocycles. The molecule has 0 aromatic carbocycles. The number of rotatable bonds is 1. The average molecular weight is 240 g/mol. The maximum Gasteiger partial charge on any atom is 0.0822 e. The smallest absolute Gasteiger partial charge is 0.0822 e. The summed E-state index contributed by atoms with van der Waals surface area (Å²) in [6, 6.07) is 0. The summed E-state index contributed by atoms with van der Waals surface area (Å²) in [7, 11) is 0. The number of hydrogen-bond acceptors (Lipinski definition) is 0. The van der Waals surface area contributed by atoms with Crippen molar-refractivity contribution in [3.63, 3.8) is 0 Å². The largest absolute Gasteiger partial charge is 0.113 e. The molecule has 0 spiro atoms.